The van der Waals surface area contributed by atoms with Gasteiger partial charge < -0.3 is 15.0 Å². The van der Waals surface area contributed by atoms with Crippen LogP contribution in [0.4, 0.5) is 0 Å². The van der Waals surface area contributed by atoms with Crippen LogP contribution in [0, 0.1) is 0 Å². The molecule has 1 atom stereocenters. The first-order valence-electron chi connectivity index (χ1n) is 10.8. The molecule has 0 unspecified atom stereocenters. The molecule has 0 radical (unpaired) electrons. The lowest BCUT2D eigenvalue weighted by atomic mass is 10.0. The molecule has 176 valence electrons. The van der Waals surface area contributed by atoms with E-state index in [-0.39, 0.29) is 25.0 Å². The van der Waals surface area contributed by atoms with Crippen molar-refractivity contribution in [2.75, 3.05) is 13.2 Å². The summed E-state index contributed by atoms with van der Waals surface area (Å²) >= 11 is 12.2. The molecule has 5 nitrogen and oxygen atoms in total. The van der Waals surface area contributed by atoms with Gasteiger partial charge in [0.15, 0.2) is 6.61 Å². The van der Waals surface area contributed by atoms with Gasteiger partial charge in [0.05, 0.1) is 5.02 Å². The van der Waals surface area contributed by atoms with Gasteiger partial charge in [0.25, 0.3) is 5.91 Å². The Morgan fingerprint density at radius 2 is 1.62 bits per heavy atom. The number of nitrogens with one attached hydrogen (secondary N) is 1. The first kappa shape index (κ1) is 25.3. The summed E-state index contributed by atoms with van der Waals surface area (Å²) in [4.78, 5) is 28.2. The minimum Gasteiger partial charge on any atom is -0.482 e. The molecule has 7 heteroatoms. The number of hydrogen-bond acceptors (Lipinski definition) is 3. The largest absolute Gasteiger partial charge is 0.482 e. The molecular weight excluding hydrogens is 471 g/mol. The third-order valence-corrected chi connectivity index (χ3v) is 5.71. The fourth-order valence-electron chi connectivity index (χ4n) is 3.42. The van der Waals surface area contributed by atoms with Crippen molar-refractivity contribution in [2.45, 2.75) is 19.0 Å². The van der Waals surface area contributed by atoms with Crippen LogP contribution >= 0.6 is 23.2 Å². The molecule has 0 heterocycles. The zero-order valence-electron chi connectivity index (χ0n) is 18.6. The van der Waals surface area contributed by atoms with E-state index in [1.54, 1.807) is 42.5 Å². The molecule has 0 bridgehead atoms. The molecule has 0 aromatic heterocycles. The predicted molar refractivity (Wildman–Crippen MR) is 136 cm³/mol. The van der Waals surface area contributed by atoms with E-state index in [0.29, 0.717) is 28.8 Å². The summed E-state index contributed by atoms with van der Waals surface area (Å²) in [7, 11) is 0. The van der Waals surface area contributed by atoms with Crippen LogP contribution in [0.1, 0.15) is 11.1 Å². The van der Waals surface area contributed by atoms with Crippen LogP contribution in [0.3, 0.4) is 0 Å². The minimum absolute atomic E-state index is 0.209. The lowest BCUT2D eigenvalue weighted by molar-refractivity contribution is -0.142. The standard InChI is InChI=1S/C27H26Cl2N2O3/c1-2-16-30-27(33)24(17-20-8-4-3-5-9-20)31(18-21-12-14-22(28)15-13-21)26(32)19-34-25-11-7-6-10-23(25)29/h2-15,24H,1,16-19H2,(H,30,33)/t24-/m1/s1. The van der Waals surface area contributed by atoms with Crippen LogP contribution in [-0.4, -0.2) is 35.9 Å². The maximum atomic E-state index is 13.4. The Morgan fingerprint density at radius 3 is 2.29 bits per heavy atom. The number of rotatable bonds is 11. The van der Waals surface area contributed by atoms with Gasteiger partial charge in [-0.2, -0.15) is 0 Å². The van der Waals surface area contributed by atoms with Crippen molar-refractivity contribution in [2.24, 2.45) is 0 Å². The zero-order chi connectivity index (χ0) is 24.3. The van der Waals surface area contributed by atoms with Gasteiger partial charge >= 0.3 is 0 Å². The van der Waals surface area contributed by atoms with Crippen molar-refractivity contribution in [1.82, 2.24) is 10.2 Å². The first-order valence-corrected chi connectivity index (χ1v) is 11.6. The Morgan fingerprint density at radius 1 is 0.941 bits per heavy atom. The van der Waals surface area contributed by atoms with E-state index in [1.807, 2.05) is 42.5 Å². The second-order valence-electron chi connectivity index (χ2n) is 7.61. The highest BCUT2D eigenvalue weighted by Gasteiger charge is 2.30. The lowest BCUT2D eigenvalue weighted by Crippen LogP contribution is -2.51. The number of nitrogens with zero attached hydrogens (tertiary/aromatic N) is 1. The van der Waals surface area contributed by atoms with Crippen LogP contribution in [-0.2, 0) is 22.6 Å². The second kappa shape index (κ2) is 12.8. The summed E-state index contributed by atoms with van der Waals surface area (Å²) in [5.74, 6) is -0.215. The Bertz CT molecular complexity index is 1100. The molecule has 2 amide bonds. The first-order chi connectivity index (χ1) is 16.5. The highest BCUT2D eigenvalue weighted by molar-refractivity contribution is 6.32. The predicted octanol–water partition coefficient (Wildman–Crippen LogP) is 5.31. The normalized spacial score (nSPS) is 11.4. The number of amides is 2. The smallest absolute Gasteiger partial charge is 0.261 e. The lowest BCUT2D eigenvalue weighted by Gasteiger charge is -2.31. The molecule has 0 saturated heterocycles. The van der Waals surface area contributed by atoms with Gasteiger partial charge in [0.2, 0.25) is 5.91 Å². The monoisotopic (exact) mass is 496 g/mol. The number of para-hydroxylation sites is 1. The highest BCUT2D eigenvalue weighted by atomic mass is 35.5. The van der Waals surface area contributed by atoms with E-state index in [0.717, 1.165) is 11.1 Å². The molecule has 0 fully saturated rings. The quantitative estimate of drug-likeness (QED) is 0.365. The van der Waals surface area contributed by atoms with Crippen LogP contribution in [0.15, 0.2) is 91.5 Å². The fraction of sp³-hybridized carbons (Fsp3) is 0.185. The highest BCUT2D eigenvalue weighted by Crippen LogP contribution is 2.23. The van der Waals surface area contributed by atoms with Crippen LogP contribution in [0.5, 0.6) is 5.75 Å². The number of carbonyl (C=O) groups is 2. The summed E-state index contributed by atoms with van der Waals surface area (Å²) in [6, 6.07) is 22.9. The van der Waals surface area contributed by atoms with E-state index < -0.39 is 6.04 Å². The van der Waals surface area contributed by atoms with Crippen molar-refractivity contribution < 1.29 is 14.3 Å². The van der Waals surface area contributed by atoms with Gasteiger partial charge in [0.1, 0.15) is 11.8 Å². The Hall–Kier alpha value is -3.28. The van der Waals surface area contributed by atoms with E-state index in [4.69, 9.17) is 27.9 Å². The van der Waals surface area contributed by atoms with Gasteiger partial charge in [-0.1, -0.05) is 83.9 Å². The van der Waals surface area contributed by atoms with Crippen molar-refractivity contribution in [3.05, 3.63) is 113 Å². The number of benzene rings is 3. The number of ether oxygens (including phenoxy) is 1. The van der Waals surface area contributed by atoms with Crippen molar-refractivity contribution in [3.8, 4) is 5.75 Å². The van der Waals surface area contributed by atoms with Gasteiger partial charge in [-0.3, -0.25) is 9.59 Å². The number of hydrogen-bond donors (Lipinski definition) is 1. The molecule has 1 N–H and O–H groups in total. The summed E-state index contributed by atoms with van der Waals surface area (Å²) in [6.07, 6.45) is 1.94. The van der Waals surface area contributed by atoms with E-state index in [1.165, 1.54) is 4.90 Å². The Labute approximate surface area is 209 Å². The SMILES string of the molecule is C=CCNC(=O)[C@@H](Cc1ccccc1)N(Cc1ccc(Cl)cc1)C(=O)COc1ccccc1Cl. The summed E-state index contributed by atoms with van der Waals surface area (Å²) in [5, 5.41) is 3.83. The average molecular weight is 497 g/mol. The number of halogens is 2. The van der Waals surface area contributed by atoms with E-state index >= 15 is 0 Å². The van der Waals surface area contributed by atoms with E-state index in [9.17, 15) is 9.59 Å². The molecular formula is C27H26Cl2N2O3. The minimum atomic E-state index is -0.764. The number of carbonyl (C=O) groups excluding carboxylic acids is 2. The third-order valence-electron chi connectivity index (χ3n) is 5.15. The van der Waals surface area contributed by atoms with Crippen molar-refractivity contribution in [1.29, 1.82) is 0 Å². The molecule has 0 aliphatic rings. The Kier molecular flexibility index (Phi) is 9.56. The summed E-state index contributed by atoms with van der Waals surface area (Å²) in [5.41, 5.74) is 1.77. The zero-order valence-corrected chi connectivity index (χ0v) is 20.1. The van der Waals surface area contributed by atoms with Crippen molar-refractivity contribution >= 4 is 35.0 Å². The van der Waals surface area contributed by atoms with E-state index in [2.05, 4.69) is 11.9 Å². The molecule has 3 rings (SSSR count). The summed E-state index contributed by atoms with van der Waals surface area (Å²) in [6.45, 7) is 3.90. The molecule has 3 aromatic rings. The summed E-state index contributed by atoms with van der Waals surface area (Å²) < 4.78 is 5.71. The molecule has 0 aliphatic heterocycles. The molecule has 0 spiro atoms. The van der Waals surface area contributed by atoms with Crippen molar-refractivity contribution in [3.63, 3.8) is 0 Å². The topological polar surface area (TPSA) is 58.6 Å². The van der Waals surface area contributed by atoms with Crippen LogP contribution < -0.4 is 10.1 Å². The maximum absolute atomic E-state index is 13.4. The molecule has 0 saturated carbocycles. The van der Waals surface area contributed by atoms with Crippen LogP contribution in [0.2, 0.25) is 10.0 Å². The molecule has 3 aromatic carbocycles. The third kappa shape index (κ3) is 7.37. The van der Waals surface area contributed by atoms with Gasteiger partial charge in [-0.15, -0.1) is 6.58 Å². The second-order valence-corrected chi connectivity index (χ2v) is 8.45. The van der Waals surface area contributed by atoms with Gasteiger partial charge in [0, 0.05) is 24.5 Å². The molecule has 34 heavy (non-hydrogen) atoms. The van der Waals surface area contributed by atoms with Gasteiger partial charge in [-0.25, -0.2) is 0 Å². The van der Waals surface area contributed by atoms with Crippen LogP contribution in [0.25, 0.3) is 0 Å². The average Bonchev–Trinajstić information content (AvgIpc) is 2.85. The maximum Gasteiger partial charge on any atom is 0.261 e. The Balaban J connectivity index is 1.90. The molecule has 0 aliphatic carbocycles. The van der Waals surface area contributed by atoms with Gasteiger partial charge in [-0.05, 0) is 35.4 Å². The fourth-order valence-corrected chi connectivity index (χ4v) is 3.73.